The predicted octanol–water partition coefficient (Wildman–Crippen LogP) is -0.227. The SMILES string of the molecule is COc1cc(-c2oc3cc(O)cc(O)c3c(=O)c2O[C@H]2O[C@@H](CO)[C@@H](O)[C@@H](O)[C@@H]2O)cc(OC)c1O. The number of benzene rings is 2. The normalized spacial score (nSPS) is 24.0. The van der Waals surface area contributed by atoms with Crippen LogP contribution in [-0.4, -0.2) is 87.3 Å². The Morgan fingerprint density at radius 1 is 0.917 bits per heavy atom. The zero-order valence-corrected chi connectivity index (χ0v) is 19.0. The predicted molar refractivity (Wildman–Crippen MR) is 120 cm³/mol. The van der Waals surface area contributed by atoms with Gasteiger partial charge >= 0.3 is 0 Å². The van der Waals surface area contributed by atoms with Crippen molar-refractivity contribution in [1.29, 1.82) is 0 Å². The highest BCUT2D eigenvalue weighted by molar-refractivity contribution is 5.88. The van der Waals surface area contributed by atoms with E-state index in [4.69, 9.17) is 23.4 Å². The van der Waals surface area contributed by atoms with Gasteiger partial charge in [-0.2, -0.15) is 0 Å². The van der Waals surface area contributed by atoms with E-state index in [-0.39, 0.29) is 39.5 Å². The Balaban J connectivity index is 1.96. The second-order valence-corrected chi connectivity index (χ2v) is 7.97. The van der Waals surface area contributed by atoms with Crippen LogP contribution in [0.25, 0.3) is 22.3 Å². The van der Waals surface area contributed by atoms with Gasteiger partial charge in [0.15, 0.2) is 17.3 Å². The lowest BCUT2D eigenvalue weighted by Crippen LogP contribution is -2.60. The highest BCUT2D eigenvalue weighted by atomic mass is 16.7. The van der Waals surface area contributed by atoms with E-state index in [1.807, 2.05) is 0 Å². The summed E-state index contributed by atoms with van der Waals surface area (Å²) in [4.78, 5) is 13.5. The minimum absolute atomic E-state index is 0.0651. The topological polar surface area (TPSA) is 209 Å². The van der Waals surface area contributed by atoms with Crippen molar-refractivity contribution in [2.75, 3.05) is 20.8 Å². The molecule has 13 heteroatoms. The average molecular weight is 508 g/mol. The molecule has 0 saturated carbocycles. The Bertz CT molecular complexity index is 1310. The number of aromatic hydroxyl groups is 3. The summed E-state index contributed by atoms with van der Waals surface area (Å²) in [6.45, 7) is -0.740. The molecule has 3 aromatic rings. The molecule has 36 heavy (non-hydrogen) atoms. The van der Waals surface area contributed by atoms with E-state index in [2.05, 4.69) is 0 Å². The van der Waals surface area contributed by atoms with Crippen LogP contribution in [0.5, 0.6) is 34.5 Å². The molecule has 4 rings (SSSR count). The fraction of sp³-hybridized carbons (Fsp3) is 0.348. The Kier molecular flexibility index (Phi) is 6.84. The number of hydrogen-bond donors (Lipinski definition) is 7. The molecule has 1 aliphatic rings. The summed E-state index contributed by atoms with van der Waals surface area (Å²) < 4.78 is 27.1. The van der Waals surface area contributed by atoms with E-state index < -0.39 is 60.0 Å². The summed E-state index contributed by atoms with van der Waals surface area (Å²) in [5.41, 5.74) is -1.12. The number of aliphatic hydroxyl groups excluding tert-OH is 4. The van der Waals surface area contributed by atoms with Gasteiger partial charge in [-0.15, -0.1) is 0 Å². The molecule has 1 fully saturated rings. The molecular weight excluding hydrogens is 484 g/mol. The number of phenolic OH excluding ortho intramolecular Hbond substituents is 3. The second kappa shape index (κ2) is 9.72. The van der Waals surface area contributed by atoms with Crippen LogP contribution in [0.1, 0.15) is 0 Å². The van der Waals surface area contributed by atoms with Gasteiger partial charge in [-0.3, -0.25) is 4.79 Å². The molecule has 0 unspecified atom stereocenters. The Labute approximate surface area is 202 Å². The number of aliphatic hydroxyl groups is 4. The summed E-state index contributed by atoms with van der Waals surface area (Å²) in [6, 6.07) is 4.55. The third kappa shape index (κ3) is 4.23. The Morgan fingerprint density at radius 2 is 1.56 bits per heavy atom. The highest BCUT2D eigenvalue weighted by Crippen LogP contribution is 2.43. The molecule has 5 atom stereocenters. The van der Waals surface area contributed by atoms with Crippen molar-refractivity contribution >= 4 is 11.0 Å². The lowest BCUT2D eigenvalue weighted by atomic mass is 9.99. The van der Waals surface area contributed by atoms with Gasteiger partial charge in [0, 0.05) is 17.7 Å². The van der Waals surface area contributed by atoms with E-state index >= 15 is 0 Å². The molecule has 194 valence electrons. The number of hydrogen-bond acceptors (Lipinski definition) is 13. The molecule has 7 N–H and O–H groups in total. The largest absolute Gasteiger partial charge is 0.508 e. The van der Waals surface area contributed by atoms with Crippen LogP contribution in [0.15, 0.2) is 33.5 Å². The van der Waals surface area contributed by atoms with E-state index in [1.54, 1.807) is 0 Å². The van der Waals surface area contributed by atoms with Crippen molar-refractivity contribution < 1.29 is 59.1 Å². The van der Waals surface area contributed by atoms with Crippen LogP contribution in [0.2, 0.25) is 0 Å². The fourth-order valence-corrected chi connectivity index (χ4v) is 3.87. The van der Waals surface area contributed by atoms with Crippen molar-refractivity contribution in [1.82, 2.24) is 0 Å². The number of methoxy groups -OCH3 is 2. The summed E-state index contributed by atoms with van der Waals surface area (Å²) in [5, 5.41) is 70.1. The van der Waals surface area contributed by atoms with Crippen molar-refractivity contribution in [3.63, 3.8) is 0 Å². The zero-order chi connectivity index (χ0) is 26.3. The Morgan fingerprint density at radius 3 is 2.14 bits per heavy atom. The maximum absolute atomic E-state index is 13.5. The van der Waals surface area contributed by atoms with Gasteiger partial charge in [0.2, 0.25) is 23.2 Å². The first-order valence-corrected chi connectivity index (χ1v) is 10.6. The molecule has 2 aromatic carbocycles. The van der Waals surface area contributed by atoms with Gasteiger partial charge in [-0.25, -0.2) is 0 Å². The molecule has 0 aliphatic carbocycles. The quantitative estimate of drug-likeness (QED) is 0.230. The molecule has 1 saturated heterocycles. The van der Waals surface area contributed by atoms with Crippen molar-refractivity contribution in [3.05, 3.63) is 34.5 Å². The lowest BCUT2D eigenvalue weighted by molar-refractivity contribution is -0.277. The van der Waals surface area contributed by atoms with Crippen molar-refractivity contribution in [3.8, 4) is 45.8 Å². The van der Waals surface area contributed by atoms with E-state index in [0.717, 1.165) is 12.1 Å². The van der Waals surface area contributed by atoms with E-state index in [1.165, 1.54) is 26.4 Å². The third-order valence-corrected chi connectivity index (χ3v) is 5.74. The van der Waals surface area contributed by atoms with Crippen LogP contribution in [-0.2, 0) is 4.74 Å². The number of rotatable bonds is 6. The van der Waals surface area contributed by atoms with Gasteiger partial charge in [0.25, 0.3) is 0 Å². The first-order valence-electron chi connectivity index (χ1n) is 10.6. The van der Waals surface area contributed by atoms with Crippen LogP contribution < -0.4 is 19.6 Å². The molecule has 1 aliphatic heterocycles. The standard InChI is InChI=1S/C23H24O13/c1-32-12-3-8(4-13(33-2)16(12)27)21-22(18(29)15-10(26)5-9(25)6-11(15)34-21)36-23-20(31)19(30)17(28)14(7-24)35-23/h3-6,14,17,19-20,23-28,30-31H,7H2,1-2H3/t14-,17+,19+,20-,23+/m0/s1. The van der Waals surface area contributed by atoms with Gasteiger partial charge < -0.3 is 59.1 Å². The molecule has 1 aromatic heterocycles. The molecule has 0 amide bonds. The summed E-state index contributed by atoms with van der Waals surface area (Å²) in [6.07, 6.45) is -8.42. The van der Waals surface area contributed by atoms with Crippen LogP contribution >= 0.6 is 0 Å². The monoisotopic (exact) mass is 508 g/mol. The number of ether oxygens (including phenoxy) is 4. The number of phenols is 3. The van der Waals surface area contributed by atoms with Crippen LogP contribution in [0, 0.1) is 0 Å². The molecule has 0 radical (unpaired) electrons. The van der Waals surface area contributed by atoms with Gasteiger partial charge in [0.1, 0.15) is 46.9 Å². The minimum Gasteiger partial charge on any atom is -0.508 e. The van der Waals surface area contributed by atoms with Gasteiger partial charge in [-0.1, -0.05) is 0 Å². The third-order valence-electron chi connectivity index (χ3n) is 5.74. The van der Waals surface area contributed by atoms with Gasteiger partial charge in [-0.05, 0) is 12.1 Å². The molecule has 0 bridgehead atoms. The first kappa shape index (κ1) is 25.3. The minimum atomic E-state index is -1.86. The van der Waals surface area contributed by atoms with Crippen molar-refractivity contribution in [2.24, 2.45) is 0 Å². The summed E-state index contributed by atoms with van der Waals surface area (Å²) in [5.74, 6) is -2.44. The maximum Gasteiger partial charge on any atom is 0.239 e. The summed E-state index contributed by atoms with van der Waals surface area (Å²) >= 11 is 0. The lowest BCUT2D eigenvalue weighted by Gasteiger charge is -2.39. The summed E-state index contributed by atoms with van der Waals surface area (Å²) in [7, 11) is 2.55. The van der Waals surface area contributed by atoms with E-state index in [0.29, 0.717) is 0 Å². The smallest absolute Gasteiger partial charge is 0.239 e. The molecular formula is C23H24O13. The van der Waals surface area contributed by atoms with Gasteiger partial charge in [0.05, 0.1) is 20.8 Å². The first-order chi connectivity index (χ1) is 17.1. The second-order valence-electron chi connectivity index (χ2n) is 7.97. The highest BCUT2D eigenvalue weighted by Gasteiger charge is 2.45. The maximum atomic E-state index is 13.5. The zero-order valence-electron chi connectivity index (χ0n) is 19.0. The van der Waals surface area contributed by atoms with Crippen LogP contribution in [0.4, 0.5) is 0 Å². The Hall–Kier alpha value is -3.75. The average Bonchev–Trinajstić information content (AvgIpc) is 2.85. The van der Waals surface area contributed by atoms with Crippen LogP contribution in [0.3, 0.4) is 0 Å². The number of fused-ring (bicyclic) bond motifs is 1. The molecule has 13 nitrogen and oxygen atoms in total. The van der Waals surface area contributed by atoms with Crippen molar-refractivity contribution in [2.45, 2.75) is 30.7 Å². The fourth-order valence-electron chi connectivity index (χ4n) is 3.87. The molecule has 2 heterocycles. The van der Waals surface area contributed by atoms with E-state index in [9.17, 15) is 40.5 Å². The molecule has 0 spiro atoms.